The number of carbonyl (C=O) groups is 1. The quantitative estimate of drug-likeness (QED) is 0.798. The number of esters is 1. The standard InChI is InChI=1S/C12H17NO4/c1-16-12(15)11-5-4-10(17-11)8-13-6-2-3-9(14)7-13/h4-5,9,14H,2-3,6-8H2,1H3. The lowest BCUT2D eigenvalue weighted by Gasteiger charge is -2.29. The molecule has 1 unspecified atom stereocenters. The van der Waals surface area contributed by atoms with Crippen LogP contribution in [0.25, 0.3) is 0 Å². The van der Waals surface area contributed by atoms with Crippen LogP contribution in [0.15, 0.2) is 16.5 Å². The summed E-state index contributed by atoms with van der Waals surface area (Å²) in [4.78, 5) is 13.3. The molecule has 0 saturated carbocycles. The Kier molecular flexibility index (Phi) is 3.81. The molecule has 0 aliphatic carbocycles. The molecule has 0 radical (unpaired) electrons. The van der Waals surface area contributed by atoms with Gasteiger partial charge in [0.1, 0.15) is 5.76 Å². The fourth-order valence-corrected chi connectivity index (χ4v) is 2.07. The SMILES string of the molecule is COC(=O)c1ccc(CN2CCCC(O)C2)o1. The number of ether oxygens (including phenoxy) is 1. The summed E-state index contributed by atoms with van der Waals surface area (Å²) in [5.74, 6) is 0.481. The number of furan rings is 1. The van der Waals surface area contributed by atoms with Gasteiger partial charge in [0.2, 0.25) is 5.76 Å². The number of nitrogens with zero attached hydrogens (tertiary/aromatic N) is 1. The second-order valence-corrected chi connectivity index (χ2v) is 4.29. The van der Waals surface area contributed by atoms with Gasteiger partial charge >= 0.3 is 5.97 Å². The molecule has 1 aromatic heterocycles. The highest BCUT2D eigenvalue weighted by molar-refractivity contribution is 5.86. The predicted octanol–water partition coefficient (Wildman–Crippen LogP) is 1.02. The monoisotopic (exact) mass is 239 g/mol. The summed E-state index contributed by atoms with van der Waals surface area (Å²) in [7, 11) is 1.32. The summed E-state index contributed by atoms with van der Waals surface area (Å²) < 4.78 is 9.95. The zero-order valence-electron chi connectivity index (χ0n) is 9.89. The van der Waals surface area contributed by atoms with Gasteiger partial charge in [-0.25, -0.2) is 4.79 Å². The number of carbonyl (C=O) groups excluding carboxylic acids is 1. The van der Waals surface area contributed by atoms with E-state index < -0.39 is 5.97 Å². The molecule has 94 valence electrons. The highest BCUT2D eigenvalue weighted by atomic mass is 16.5. The first kappa shape index (κ1) is 12.1. The lowest BCUT2D eigenvalue weighted by molar-refractivity contribution is 0.0539. The largest absolute Gasteiger partial charge is 0.463 e. The van der Waals surface area contributed by atoms with E-state index in [4.69, 9.17) is 4.42 Å². The average molecular weight is 239 g/mol. The number of β-amino-alcohol motifs (C(OH)–C–C–N with tert-alkyl or cyclic N) is 1. The fraction of sp³-hybridized carbons (Fsp3) is 0.583. The molecule has 1 atom stereocenters. The van der Waals surface area contributed by atoms with E-state index in [-0.39, 0.29) is 11.9 Å². The Morgan fingerprint density at radius 3 is 3.18 bits per heavy atom. The average Bonchev–Trinajstić information content (AvgIpc) is 2.76. The Labute approximate surface area is 100.0 Å². The molecule has 1 aromatic rings. The van der Waals surface area contributed by atoms with Gasteiger partial charge < -0.3 is 14.3 Å². The maximum absolute atomic E-state index is 11.2. The molecular formula is C12H17NO4. The van der Waals surface area contributed by atoms with Gasteiger partial charge in [0, 0.05) is 6.54 Å². The number of hydrogen-bond acceptors (Lipinski definition) is 5. The minimum atomic E-state index is -0.463. The van der Waals surface area contributed by atoms with Gasteiger partial charge in [0.25, 0.3) is 0 Å². The summed E-state index contributed by atoms with van der Waals surface area (Å²) in [6, 6.07) is 3.38. The first-order chi connectivity index (χ1) is 8.19. The molecule has 1 aliphatic heterocycles. The lowest BCUT2D eigenvalue weighted by Crippen LogP contribution is -2.37. The van der Waals surface area contributed by atoms with Gasteiger partial charge in [-0.3, -0.25) is 4.90 Å². The van der Waals surface area contributed by atoms with Gasteiger partial charge in [-0.05, 0) is 31.5 Å². The molecule has 17 heavy (non-hydrogen) atoms. The van der Waals surface area contributed by atoms with E-state index in [0.29, 0.717) is 13.1 Å². The van der Waals surface area contributed by atoms with Crippen molar-refractivity contribution in [2.45, 2.75) is 25.5 Å². The smallest absolute Gasteiger partial charge is 0.373 e. The van der Waals surface area contributed by atoms with E-state index >= 15 is 0 Å². The highest BCUT2D eigenvalue weighted by Gasteiger charge is 2.19. The van der Waals surface area contributed by atoms with Crippen LogP contribution in [0.5, 0.6) is 0 Å². The van der Waals surface area contributed by atoms with E-state index in [0.717, 1.165) is 25.1 Å². The third-order valence-corrected chi connectivity index (χ3v) is 2.91. The Bertz CT molecular complexity index is 388. The summed E-state index contributed by atoms with van der Waals surface area (Å²) >= 11 is 0. The van der Waals surface area contributed by atoms with E-state index in [9.17, 15) is 9.90 Å². The van der Waals surface area contributed by atoms with Crippen molar-refractivity contribution in [3.63, 3.8) is 0 Å². The maximum atomic E-state index is 11.2. The number of aliphatic hydroxyl groups is 1. The zero-order valence-corrected chi connectivity index (χ0v) is 9.89. The number of hydrogen-bond donors (Lipinski definition) is 1. The normalized spacial score (nSPS) is 21.4. The van der Waals surface area contributed by atoms with Crippen LogP contribution in [0.1, 0.15) is 29.2 Å². The maximum Gasteiger partial charge on any atom is 0.373 e. The summed E-state index contributed by atoms with van der Waals surface area (Å²) in [5, 5.41) is 9.54. The minimum absolute atomic E-state index is 0.222. The summed E-state index contributed by atoms with van der Waals surface area (Å²) in [6.07, 6.45) is 1.60. The van der Waals surface area contributed by atoms with Crippen LogP contribution in [0, 0.1) is 0 Å². The van der Waals surface area contributed by atoms with E-state index in [2.05, 4.69) is 9.64 Å². The molecule has 5 nitrogen and oxygen atoms in total. The molecule has 1 saturated heterocycles. The second-order valence-electron chi connectivity index (χ2n) is 4.29. The third kappa shape index (κ3) is 3.08. The van der Waals surface area contributed by atoms with Crippen molar-refractivity contribution in [1.82, 2.24) is 4.90 Å². The van der Waals surface area contributed by atoms with Gasteiger partial charge in [0.15, 0.2) is 0 Å². The molecule has 2 heterocycles. The highest BCUT2D eigenvalue weighted by Crippen LogP contribution is 2.16. The van der Waals surface area contributed by atoms with Crippen LogP contribution in [0.4, 0.5) is 0 Å². The van der Waals surface area contributed by atoms with Gasteiger partial charge in [-0.2, -0.15) is 0 Å². The number of likely N-dealkylation sites (tertiary alicyclic amines) is 1. The molecular weight excluding hydrogens is 222 g/mol. The third-order valence-electron chi connectivity index (χ3n) is 2.91. The first-order valence-corrected chi connectivity index (χ1v) is 5.76. The molecule has 0 spiro atoms. The van der Waals surface area contributed by atoms with Crippen molar-refractivity contribution in [1.29, 1.82) is 0 Å². The minimum Gasteiger partial charge on any atom is -0.463 e. The predicted molar refractivity (Wildman–Crippen MR) is 60.6 cm³/mol. The molecule has 2 rings (SSSR count). The Morgan fingerprint density at radius 1 is 1.65 bits per heavy atom. The number of piperidine rings is 1. The van der Waals surface area contributed by atoms with Crippen LogP contribution in [0.2, 0.25) is 0 Å². The summed E-state index contributed by atoms with van der Waals surface area (Å²) in [5.41, 5.74) is 0. The van der Waals surface area contributed by atoms with Crippen LogP contribution >= 0.6 is 0 Å². The van der Waals surface area contributed by atoms with Gasteiger partial charge in [-0.1, -0.05) is 0 Å². The molecule has 1 N–H and O–H groups in total. The molecule has 1 aliphatic rings. The van der Waals surface area contributed by atoms with Crippen molar-refractivity contribution in [3.8, 4) is 0 Å². The van der Waals surface area contributed by atoms with E-state index in [1.165, 1.54) is 7.11 Å². The van der Waals surface area contributed by atoms with Crippen LogP contribution in [-0.4, -0.2) is 42.3 Å². The van der Waals surface area contributed by atoms with Crippen molar-refractivity contribution >= 4 is 5.97 Å². The van der Waals surface area contributed by atoms with Crippen molar-refractivity contribution in [3.05, 3.63) is 23.7 Å². The molecule has 5 heteroatoms. The Morgan fingerprint density at radius 2 is 2.47 bits per heavy atom. The van der Waals surface area contributed by atoms with Crippen LogP contribution in [0.3, 0.4) is 0 Å². The first-order valence-electron chi connectivity index (χ1n) is 5.76. The van der Waals surface area contributed by atoms with Gasteiger partial charge in [0.05, 0.1) is 19.8 Å². The number of aliphatic hydroxyl groups excluding tert-OH is 1. The Hall–Kier alpha value is -1.33. The second kappa shape index (κ2) is 5.33. The van der Waals surface area contributed by atoms with Crippen molar-refractivity contribution in [2.75, 3.05) is 20.2 Å². The molecule has 0 amide bonds. The summed E-state index contributed by atoms with van der Waals surface area (Å²) in [6.45, 7) is 2.23. The molecule has 1 fully saturated rings. The molecule has 0 aromatic carbocycles. The van der Waals surface area contributed by atoms with E-state index in [1.807, 2.05) is 0 Å². The Balaban J connectivity index is 1.94. The van der Waals surface area contributed by atoms with Crippen LogP contribution < -0.4 is 0 Å². The number of methoxy groups -OCH3 is 1. The zero-order chi connectivity index (χ0) is 12.3. The van der Waals surface area contributed by atoms with Crippen molar-refractivity contribution < 1.29 is 19.1 Å². The fourth-order valence-electron chi connectivity index (χ4n) is 2.07. The van der Waals surface area contributed by atoms with Crippen molar-refractivity contribution in [2.24, 2.45) is 0 Å². The topological polar surface area (TPSA) is 62.9 Å². The lowest BCUT2D eigenvalue weighted by atomic mass is 10.1. The van der Waals surface area contributed by atoms with Crippen LogP contribution in [-0.2, 0) is 11.3 Å². The van der Waals surface area contributed by atoms with E-state index in [1.54, 1.807) is 12.1 Å². The molecule has 0 bridgehead atoms. The number of rotatable bonds is 3. The van der Waals surface area contributed by atoms with Gasteiger partial charge in [-0.15, -0.1) is 0 Å².